The van der Waals surface area contributed by atoms with Gasteiger partial charge in [-0.1, -0.05) is 24.3 Å². The van der Waals surface area contributed by atoms with Crippen LogP contribution in [0.15, 0.2) is 29.8 Å². The summed E-state index contributed by atoms with van der Waals surface area (Å²) in [4.78, 5) is 22.9. The van der Waals surface area contributed by atoms with E-state index in [1.54, 1.807) is 12.1 Å². The van der Waals surface area contributed by atoms with Crippen LogP contribution in [-0.4, -0.2) is 18.9 Å². The van der Waals surface area contributed by atoms with Crippen LogP contribution in [0.3, 0.4) is 0 Å². The summed E-state index contributed by atoms with van der Waals surface area (Å²) in [5.41, 5.74) is 1.88. The summed E-state index contributed by atoms with van der Waals surface area (Å²) in [5.74, 6) is -0.466. The number of fused-ring (bicyclic) bond motifs is 1. The standard InChI is InChI=1S/C12H10O3/c1-15-12(14)9-6-8-4-2-3-5-10(8)11(13)7-9/h2-6H,7H2,1H3. The maximum Gasteiger partial charge on any atom is 0.334 e. The van der Waals surface area contributed by atoms with Gasteiger partial charge in [0.25, 0.3) is 0 Å². The van der Waals surface area contributed by atoms with Gasteiger partial charge in [-0.25, -0.2) is 4.79 Å². The average molecular weight is 202 g/mol. The third kappa shape index (κ3) is 1.68. The number of rotatable bonds is 1. The first-order valence-corrected chi connectivity index (χ1v) is 4.63. The second-order valence-corrected chi connectivity index (χ2v) is 3.35. The van der Waals surface area contributed by atoms with Gasteiger partial charge in [0.05, 0.1) is 7.11 Å². The molecular formula is C12H10O3. The summed E-state index contributed by atoms with van der Waals surface area (Å²) in [5, 5.41) is 0. The van der Waals surface area contributed by atoms with Crippen LogP contribution >= 0.6 is 0 Å². The van der Waals surface area contributed by atoms with Crippen molar-refractivity contribution in [1.29, 1.82) is 0 Å². The van der Waals surface area contributed by atoms with Crippen molar-refractivity contribution in [2.24, 2.45) is 0 Å². The molecule has 1 aliphatic rings. The second-order valence-electron chi connectivity index (χ2n) is 3.35. The summed E-state index contributed by atoms with van der Waals surface area (Å²) in [6, 6.07) is 7.23. The van der Waals surface area contributed by atoms with Crippen molar-refractivity contribution in [3.05, 3.63) is 41.0 Å². The lowest BCUT2D eigenvalue weighted by Gasteiger charge is -2.13. The number of carbonyl (C=O) groups excluding carboxylic acids is 2. The van der Waals surface area contributed by atoms with E-state index >= 15 is 0 Å². The fraction of sp³-hybridized carbons (Fsp3) is 0.167. The van der Waals surface area contributed by atoms with Gasteiger partial charge in [-0.05, 0) is 11.6 Å². The number of ether oxygens (including phenoxy) is 1. The van der Waals surface area contributed by atoms with Crippen LogP contribution in [0.4, 0.5) is 0 Å². The molecule has 15 heavy (non-hydrogen) atoms. The molecule has 0 atom stereocenters. The van der Waals surface area contributed by atoms with Crippen molar-refractivity contribution in [3.8, 4) is 0 Å². The van der Waals surface area contributed by atoms with Gasteiger partial charge in [0.15, 0.2) is 5.78 Å². The van der Waals surface area contributed by atoms with Crippen molar-refractivity contribution in [2.45, 2.75) is 6.42 Å². The maximum absolute atomic E-state index is 11.7. The first-order valence-electron chi connectivity index (χ1n) is 4.63. The summed E-state index contributed by atoms with van der Waals surface area (Å²) in [7, 11) is 1.31. The largest absolute Gasteiger partial charge is 0.466 e. The molecule has 0 N–H and O–H groups in total. The minimum atomic E-state index is -0.433. The molecule has 0 unspecified atom stereocenters. The van der Waals surface area contributed by atoms with Crippen molar-refractivity contribution in [2.75, 3.05) is 7.11 Å². The number of hydrogen-bond acceptors (Lipinski definition) is 3. The van der Waals surface area contributed by atoms with Gasteiger partial charge in [0.1, 0.15) is 0 Å². The van der Waals surface area contributed by atoms with Gasteiger partial charge in [-0.2, -0.15) is 0 Å². The number of methoxy groups -OCH3 is 1. The molecule has 0 bridgehead atoms. The van der Waals surface area contributed by atoms with Gasteiger partial charge >= 0.3 is 5.97 Å². The number of ketones is 1. The molecule has 1 aliphatic carbocycles. The lowest BCUT2D eigenvalue weighted by molar-refractivity contribution is -0.136. The Kier molecular flexibility index (Phi) is 2.37. The summed E-state index contributed by atoms with van der Waals surface area (Å²) in [6.07, 6.45) is 1.84. The first kappa shape index (κ1) is 9.65. The van der Waals surface area contributed by atoms with Crippen molar-refractivity contribution >= 4 is 17.8 Å². The zero-order valence-corrected chi connectivity index (χ0v) is 8.32. The number of esters is 1. The predicted octanol–water partition coefficient (Wildman–Crippen LogP) is 1.83. The summed E-state index contributed by atoms with van der Waals surface area (Å²) < 4.78 is 4.59. The third-order valence-corrected chi connectivity index (χ3v) is 2.39. The highest BCUT2D eigenvalue weighted by Crippen LogP contribution is 2.24. The lowest BCUT2D eigenvalue weighted by atomic mass is 9.91. The molecule has 3 nitrogen and oxygen atoms in total. The van der Waals surface area contributed by atoms with Crippen LogP contribution in [-0.2, 0) is 9.53 Å². The van der Waals surface area contributed by atoms with Crippen LogP contribution in [0.5, 0.6) is 0 Å². The maximum atomic E-state index is 11.7. The number of hydrogen-bond donors (Lipinski definition) is 0. The quantitative estimate of drug-likeness (QED) is 0.652. The topological polar surface area (TPSA) is 43.4 Å². The zero-order valence-electron chi connectivity index (χ0n) is 8.32. The van der Waals surface area contributed by atoms with E-state index in [1.165, 1.54) is 7.11 Å². The normalized spacial score (nSPS) is 14.2. The van der Waals surface area contributed by atoms with Crippen LogP contribution < -0.4 is 0 Å². The number of carbonyl (C=O) groups is 2. The van der Waals surface area contributed by atoms with Crippen LogP contribution in [0.25, 0.3) is 6.08 Å². The number of benzene rings is 1. The molecule has 0 fully saturated rings. The zero-order chi connectivity index (χ0) is 10.8. The molecular weight excluding hydrogens is 192 g/mol. The Morgan fingerprint density at radius 3 is 2.80 bits per heavy atom. The molecule has 1 aromatic carbocycles. The lowest BCUT2D eigenvalue weighted by Crippen LogP contribution is -2.14. The van der Waals surface area contributed by atoms with Gasteiger partial charge in [-0.3, -0.25) is 4.79 Å². The molecule has 2 rings (SSSR count). The highest BCUT2D eigenvalue weighted by atomic mass is 16.5. The Balaban J connectivity index is 2.47. The number of Topliss-reactive ketones (excluding diaryl/α,β-unsaturated/α-hetero) is 1. The average Bonchev–Trinajstić information content (AvgIpc) is 2.28. The van der Waals surface area contributed by atoms with E-state index in [-0.39, 0.29) is 12.2 Å². The Labute approximate surface area is 87.4 Å². The molecule has 0 saturated carbocycles. The SMILES string of the molecule is COC(=O)C1=Cc2ccccc2C(=O)C1. The van der Waals surface area contributed by atoms with E-state index in [9.17, 15) is 9.59 Å². The first-order chi connectivity index (χ1) is 7.22. The van der Waals surface area contributed by atoms with Crippen molar-refractivity contribution < 1.29 is 14.3 Å². The van der Waals surface area contributed by atoms with Crippen molar-refractivity contribution in [3.63, 3.8) is 0 Å². The van der Waals surface area contributed by atoms with Crippen LogP contribution in [0, 0.1) is 0 Å². The monoisotopic (exact) mass is 202 g/mol. The molecule has 0 radical (unpaired) electrons. The Morgan fingerprint density at radius 2 is 2.07 bits per heavy atom. The molecule has 0 aliphatic heterocycles. The van der Waals surface area contributed by atoms with Crippen LogP contribution in [0.1, 0.15) is 22.3 Å². The molecule has 0 heterocycles. The summed E-state index contributed by atoms with van der Waals surface area (Å²) in [6.45, 7) is 0. The minimum absolute atomic E-state index is 0.0338. The molecule has 0 saturated heterocycles. The van der Waals surface area contributed by atoms with Gasteiger partial charge in [0.2, 0.25) is 0 Å². The predicted molar refractivity (Wildman–Crippen MR) is 55.4 cm³/mol. The molecule has 3 heteroatoms. The molecule has 76 valence electrons. The fourth-order valence-electron chi connectivity index (χ4n) is 1.65. The molecule has 0 amide bonds. The summed E-state index contributed by atoms with van der Waals surface area (Å²) >= 11 is 0. The van der Waals surface area contributed by atoms with Gasteiger partial charge in [0, 0.05) is 17.6 Å². The van der Waals surface area contributed by atoms with E-state index in [0.29, 0.717) is 11.1 Å². The molecule has 0 spiro atoms. The minimum Gasteiger partial charge on any atom is -0.466 e. The Hall–Kier alpha value is -1.90. The van der Waals surface area contributed by atoms with E-state index in [0.717, 1.165) is 5.56 Å². The van der Waals surface area contributed by atoms with Gasteiger partial charge < -0.3 is 4.74 Å². The van der Waals surface area contributed by atoms with E-state index in [1.807, 2.05) is 18.2 Å². The van der Waals surface area contributed by atoms with E-state index in [4.69, 9.17) is 0 Å². The molecule has 1 aromatic rings. The highest BCUT2D eigenvalue weighted by molar-refractivity contribution is 6.10. The fourth-order valence-corrected chi connectivity index (χ4v) is 1.65. The molecule has 0 aromatic heterocycles. The third-order valence-electron chi connectivity index (χ3n) is 2.39. The Bertz CT molecular complexity index is 458. The van der Waals surface area contributed by atoms with E-state index in [2.05, 4.69) is 4.74 Å². The van der Waals surface area contributed by atoms with Crippen LogP contribution in [0.2, 0.25) is 0 Å². The smallest absolute Gasteiger partial charge is 0.334 e. The highest BCUT2D eigenvalue weighted by Gasteiger charge is 2.22. The van der Waals surface area contributed by atoms with E-state index < -0.39 is 5.97 Å². The van der Waals surface area contributed by atoms with Crippen molar-refractivity contribution in [1.82, 2.24) is 0 Å². The second kappa shape index (κ2) is 3.69. The van der Waals surface area contributed by atoms with Gasteiger partial charge in [-0.15, -0.1) is 0 Å². The Morgan fingerprint density at radius 1 is 1.33 bits per heavy atom.